The summed E-state index contributed by atoms with van der Waals surface area (Å²) in [5.74, 6) is -0.158. The molecule has 0 aliphatic carbocycles. The molecular weight excluding hydrogens is 577 g/mol. The summed E-state index contributed by atoms with van der Waals surface area (Å²) in [5.41, 5.74) is 3.72. The number of carbonyl (C=O) groups is 2. The molecule has 1 aliphatic rings. The molecule has 4 aromatic rings. The van der Waals surface area contributed by atoms with E-state index in [4.69, 9.17) is 27.9 Å². The van der Waals surface area contributed by atoms with Gasteiger partial charge in [-0.2, -0.15) is 0 Å². The standard InChI is InChI=1S/C28H21Cl2N3O6S/c1-39-27-18(15-34)7-8-22(32-27)21-4-2-3-19(24(21)29)20-9-10-31-26(25(20)30)16-5-6-17-14-33(28(35)36)11-12-40(37,38)23(17)13-16/h2-10,13,15H,11-12,14H2,1H3,(H,35,36). The number of hydrogen-bond acceptors (Lipinski definition) is 7. The monoisotopic (exact) mass is 597 g/mol. The second kappa shape index (κ2) is 10.9. The topological polar surface area (TPSA) is 127 Å². The summed E-state index contributed by atoms with van der Waals surface area (Å²) >= 11 is 13.7. The van der Waals surface area contributed by atoms with Crippen LogP contribution >= 0.6 is 23.2 Å². The number of methoxy groups -OCH3 is 1. The van der Waals surface area contributed by atoms with E-state index in [2.05, 4.69) is 9.97 Å². The lowest BCUT2D eigenvalue weighted by atomic mass is 9.99. The molecule has 1 N–H and O–H groups in total. The maximum Gasteiger partial charge on any atom is 0.407 e. The number of rotatable bonds is 5. The first-order valence-corrected chi connectivity index (χ1v) is 14.3. The molecule has 0 radical (unpaired) electrons. The number of carboxylic acid groups (broad SMARTS) is 1. The highest BCUT2D eigenvalue weighted by Crippen LogP contribution is 2.42. The molecule has 2 aromatic carbocycles. The van der Waals surface area contributed by atoms with Gasteiger partial charge in [-0.25, -0.2) is 18.2 Å². The van der Waals surface area contributed by atoms with Crippen molar-refractivity contribution in [2.75, 3.05) is 19.4 Å². The zero-order chi connectivity index (χ0) is 28.6. The van der Waals surface area contributed by atoms with E-state index in [9.17, 15) is 23.1 Å². The smallest absolute Gasteiger partial charge is 0.407 e. The molecular formula is C28H21Cl2N3O6S. The summed E-state index contributed by atoms with van der Waals surface area (Å²) in [4.78, 5) is 32.7. The van der Waals surface area contributed by atoms with Crippen LogP contribution < -0.4 is 4.74 Å². The van der Waals surface area contributed by atoms with Crippen LogP contribution in [-0.4, -0.2) is 60.2 Å². The van der Waals surface area contributed by atoms with Crippen molar-refractivity contribution in [2.24, 2.45) is 0 Å². The van der Waals surface area contributed by atoms with Crippen molar-refractivity contribution in [3.63, 3.8) is 0 Å². The summed E-state index contributed by atoms with van der Waals surface area (Å²) in [5, 5.41) is 10.0. The fourth-order valence-electron chi connectivity index (χ4n) is 4.56. The Hall–Kier alpha value is -3.99. The van der Waals surface area contributed by atoms with E-state index in [1.165, 1.54) is 13.2 Å². The number of nitrogens with zero attached hydrogens (tertiary/aromatic N) is 3. The molecule has 0 atom stereocenters. The second-order valence-corrected chi connectivity index (χ2v) is 11.8. The Bertz CT molecular complexity index is 1780. The van der Waals surface area contributed by atoms with Crippen LogP contribution in [0.1, 0.15) is 15.9 Å². The minimum absolute atomic E-state index is 0.0412. The van der Waals surface area contributed by atoms with Gasteiger partial charge in [-0.1, -0.05) is 53.5 Å². The van der Waals surface area contributed by atoms with Crippen molar-refractivity contribution in [2.45, 2.75) is 11.4 Å². The van der Waals surface area contributed by atoms with Gasteiger partial charge in [0, 0.05) is 35.0 Å². The SMILES string of the molecule is COc1nc(-c2cccc(-c3ccnc(-c4ccc5c(c4)S(=O)(=O)CCN(C(=O)O)C5)c3Cl)c2Cl)ccc1C=O. The fourth-order valence-corrected chi connectivity index (χ4v) is 6.72. The third-order valence-corrected chi connectivity index (χ3v) is 9.16. The molecule has 40 heavy (non-hydrogen) atoms. The van der Waals surface area contributed by atoms with Crippen molar-refractivity contribution in [3.05, 3.63) is 82.0 Å². The van der Waals surface area contributed by atoms with E-state index in [0.29, 0.717) is 56.1 Å². The molecule has 0 saturated carbocycles. The van der Waals surface area contributed by atoms with E-state index >= 15 is 0 Å². The van der Waals surface area contributed by atoms with Gasteiger partial charge in [-0.05, 0) is 29.8 Å². The third kappa shape index (κ3) is 5.01. The van der Waals surface area contributed by atoms with Gasteiger partial charge < -0.3 is 14.7 Å². The predicted octanol–water partition coefficient (Wildman–Crippen LogP) is 5.87. The number of fused-ring (bicyclic) bond motifs is 1. The lowest BCUT2D eigenvalue weighted by Gasteiger charge is -2.16. The van der Waals surface area contributed by atoms with Crippen LogP contribution in [0.2, 0.25) is 10.0 Å². The predicted molar refractivity (Wildman–Crippen MR) is 151 cm³/mol. The molecule has 9 nitrogen and oxygen atoms in total. The van der Waals surface area contributed by atoms with Crippen LogP contribution in [0.15, 0.2) is 65.7 Å². The van der Waals surface area contributed by atoms with Crippen LogP contribution in [0.25, 0.3) is 33.6 Å². The van der Waals surface area contributed by atoms with Gasteiger partial charge in [0.25, 0.3) is 0 Å². The van der Waals surface area contributed by atoms with E-state index in [1.54, 1.807) is 54.7 Å². The Morgan fingerprint density at radius 3 is 2.52 bits per heavy atom. The molecule has 12 heteroatoms. The number of ether oxygens (including phenoxy) is 1. The zero-order valence-electron chi connectivity index (χ0n) is 21.0. The minimum Gasteiger partial charge on any atom is -0.480 e. The molecule has 2 aromatic heterocycles. The average Bonchev–Trinajstić information content (AvgIpc) is 3.08. The van der Waals surface area contributed by atoms with Gasteiger partial charge in [0.1, 0.15) is 0 Å². The van der Waals surface area contributed by atoms with Gasteiger partial charge in [-0.3, -0.25) is 9.78 Å². The summed E-state index contributed by atoms with van der Waals surface area (Å²) < 4.78 is 31.2. The Morgan fingerprint density at radius 1 is 1.05 bits per heavy atom. The van der Waals surface area contributed by atoms with E-state index in [0.717, 1.165) is 4.90 Å². The third-order valence-electron chi connectivity index (χ3n) is 6.60. The molecule has 0 spiro atoms. The Labute approximate surface area is 239 Å². The number of carbonyl (C=O) groups excluding carboxylic acids is 1. The number of pyridine rings is 2. The maximum absolute atomic E-state index is 13.0. The minimum atomic E-state index is -3.74. The first-order chi connectivity index (χ1) is 19.1. The molecule has 0 fully saturated rings. The van der Waals surface area contributed by atoms with Crippen LogP contribution in [-0.2, 0) is 16.4 Å². The number of amides is 1. The highest BCUT2D eigenvalue weighted by molar-refractivity contribution is 7.91. The number of aldehydes is 1. The number of sulfone groups is 1. The normalized spacial score (nSPS) is 14.2. The Kier molecular flexibility index (Phi) is 7.50. The van der Waals surface area contributed by atoms with Crippen LogP contribution in [0.3, 0.4) is 0 Å². The summed E-state index contributed by atoms with van der Waals surface area (Å²) in [6.07, 6.45) is 1.02. The van der Waals surface area contributed by atoms with Crippen molar-refractivity contribution < 1.29 is 27.9 Å². The van der Waals surface area contributed by atoms with Gasteiger partial charge in [0.2, 0.25) is 5.88 Å². The largest absolute Gasteiger partial charge is 0.480 e. The van der Waals surface area contributed by atoms with E-state index in [1.807, 2.05) is 0 Å². The number of halogens is 2. The molecule has 0 saturated heterocycles. The molecule has 0 bridgehead atoms. The first kappa shape index (κ1) is 27.6. The van der Waals surface area contributed by atoms with Crippen LogP contribution in [0, 0.1) is 0 Å². The van der Waals surface area contributed by atoms with Gasteiger partial charge in [-0.15, -0.1) is 0 Å². The summed E-state index contributed by atoms with van der Waals surface area (Å²) in [7, 11) is -2.32. The first-order valence-electron chi connectivity index (χ1n) is 11.9. The highest BCUT2D eigenvalue weighted by Gasteiger charge is 2.28. The summed E-state index contributed by atoms with van der Waals surface area (Å²) in [6.45, 7) is -0.163. The molecule has 3 heterocycles. The molecule has 0 unspecified atom stereocenters. The Morgan fingerprint density at radius 2 is 1.80 bits per heavy atom. The van der Waals surface area contributed by atoms with E-state index < -0.39 is 15.9 Å². The van der Waals surface area contributed by atoms with Crippen LogP contribution in [0.4, 0.5) is 4.79 Å². The zero-order valence-corrected chi connectivity index (χ0v) is 23.3. The lowest BCUT2D eigenvalue weighted by molar-refractivity contribution is 0.111. The maximum atomic E-state index is 13.0. The van der Waals surface area contributed by atoms with Crippen LogP contribution in [0.5, 0.6) is 5.88 Å². The lowest BCUT2D eigenvalue weighted by Crippen LogP contribution is -2.30. The second-order valence-electron chi connectivity index (χ2n) is 8.95. The number of benzene rings is 2. The van der Waals surface area contributed by atoms with Gasteiger partial charge in [0.05, 0.1) is 51.3 Å². The number of hydrogen-bond donors (Lipinski definition) is 1. The summed E-state index contributed by atoms with van der Waals surface area (Å²) in [6, 6.07) is 15.1. The highest BCUT2D eigenvalue weighted by atomic mass is 35.5. The molecule has 1 amide bonds. The average molecular weight is 598 g/mol. The van der Waals surface area contributed by atoms with Crippen molar-refractivity contribution in [1.82, 2.24) is 14.9 Å². The van der Waals surface area contributed by atoms with E-state index in [-0.39, 0.29) is 34.6 Å². The Balaban J connectivity index is 1.59. The van der Waals surface area contributed by atoms with Gasteiger partial charge in [0.15, 0.2) is 16.1 Å². The van der Waals surface area contributed by atoms with Crippen molar-refractivity contribution in [3.8, 4) is 39.5 Å². The quantitative estimate of drug-likeness (QED) is 0.283. The molecule has 5 rings (SSSR count). The molecule has 204 valence electrons. The molecule has 1 aliphatic heterocycles. The van der Waals surface area contributed by atoms with Gasteiger partial charge >= 0.3 is 6.09 Å². The fraction of sp³-hybridized carbons (Fsp3) is 0.143. The van der Waals surface area contributed by atoms with Crippen molar-refractivity contribution >= 4 is 45.4 Å². The number of aromatic nitrogens is 2. The van der Waals surface area contributed by atoms with Crippen molar-refractivity contribution in [1.29, 1.82) is 0 Å².